The van der Waals surface area contributed by atoms with Gasteiger partial charge in [0.05, 0.1) is 0 Å². The van der Waals surface area contributed by atoms with E-state index in [0.29, 0.717) is 0 Å². The molecule has 0 aromatic heterocycles. The first-order valence-electron chi connectivity index (χ1n) is 4.32. The van der Waals surface area contributed by atoms with Crippen LogP contribution in [0.1, 0.15) is 12.5 Å². The van der Waals surface area contributed by atoms with Crippen molar-refractivity contribution in [3.05, 3.63) is 36.4 Å². The summed E-state index contributed by atoms with van der Waals surface area (Å²) in [5, 5.41) is 0. The maximum absolute atomic E-state index is 12.1. The zero-order valence-corrected chi connectivity index (χ0v) is 8.08. The van der Waals surface area contributed by atoms with Crippen molar-refractivity contribution in [2.75, 3.05) is 0 Å². The Kier molecular flexibility index (Phi) is 3.39. The minimum Gasteiger partial charge on any atom is -0.481 e. The first-order valence-corrected chi connectivity index (χ1v) is 4.32. The highest BCUT2D eigenvalue weighted by molar-refractivity contribution is 5.47. The van der Waals surface area contributed by atoms with E-state index in [0.717, 1.165) is 12.5 Å². The lowest BCUT2D eigenvalue weighted by atomic mass is 10.2. The Morgan fingerprint density at radius 3 is 2.20 bits per heavy atom. The van der Waals surface area contributed by atoms with Gasteiger partial charge >= 0.3 is 6.18 Å². The largest absolute Gasteiger partial charge is 0.481 e. The van der Waals surface area contributed by atoms with Crippen LogP contribution in [0.3, 0.4) is 0 Å². The standard InChI is InChI=1S/C11H10F3O/c1-3-9-4-6-10(7-5-9)15-8(2)11(12,13)14/h1,3-8H,2H3. The minimum atomic E-state index is -4.35. The van der Waals surface area contributed by atoms with Gasteiger partial charge in [-0.25, -0.2) is 0 Å². The van der Waals surface area contributed by atoms with Crippen LogP contribution in [0.4, 0.5) is 13.2 Å². The van der Waals surface area contributed by atoms with E-state index >= 15 is 0 Å². The molecule has 0 amide bonds. The molecule has 0 N–H and O–H groups in total. The van der Waals surface area contributed by atoms with Gasteiger partial charge < -0.3 is 4.74 Å². The van der Waals surface area contributed by atoms with Gasteiger partial charge in [-0.3, -0.25) is 0 Å². The van der Waals surface area contributed by atoms with Gasteiger partial charge in [0.2, 0.25) is 0 Å². The number of benzene rings is 1. The summed E-state index contributed by atoms with van der Waals surface area (Å²) in [6.45, 7) is 6.19. The molecule has 0 aliphatic carbocycles. The average Bonchev–Trinajstić information content (AvgIpc) is 2.17. The molecule has 1 rings (SSSR count). The molecule has 1 nitrogen and oxygen atoms in total. The minimum absolute atomic E-state index is 0.172. The van der Waals surface area contributed by atoms with Crippen molar-refractivity contribution < 1.29 is 17.9 Å². The van der Waals surface area contributed by atoms with Gasteiger partial charge in [0, 0.05) is 0 Å². The lowest BCUT2D eigenvalue weighted by Crippen LogP contribution is -2.31. The molecule has 0 saturated carbocycles. The van der Waals surface area contributed by atoms with E-state index in [1.54, 1.807) is 12.1 Å². The molecular formula is C11H10F3O. The molecule has 0 fully saturated rings. The van der Waals surface area contributed by atoms with Crippen LogP contribution in [0, 0.1) is 6.58 Å². The third-order valence-corrected chi connectivity index (χ3v) is 1.85. The number of halogens is 3. The normalized spacial score (nSPS) is 13.3. The Morgan fingerprint density at radius 2 is 1.80 bits per heavy atom. The molecular weight excluding hydrogens is 205 g/mol. The summed E-state index contributed by atoms with van der Waals surface area (Å²) in [7, 11) is 0. The molecule has 0 aliphatic heterocycles. The van der Waals surface area contributed by atoms with E-state index < -0.39 is 12.3 Å². The number of hydrogen-bond acceptors (Lipinski definition) is 1. The predicted octanol–water partition coefficient (Wildman–Crippen LogP) is 3.46. The molecule has 1 unspecified atom stereocenters. The van der Waals surface area contributed by atoms with Gasteiger partial charge in [-0.2, -0.15) is 13.2 Å². The number of alkyl halides is 3. The van der Waals surface area contributed by atoms with Crippen molar-refractivity contribution in [3.8, 4) is 5.75 Å². The summed E-state index contributed by atoms with van der Waals surface area (Å²) in [6, 6.07) is 6.05. The van der Waals surface area contributed by atoms with Gasteiger partial charge in [0.1, 0.15) is 5.75 Å². The monoisotopic (exact) mass is 215 g/mol. The Balaban J connectivity index is 2.69. The van der Waals surface area contributed by atoms with E-state index in [4.69, 9.17) is 11.3 Å². The van der Waals surface area contributed by atoms with Gasteiger partial charge in [-0.15, -0.1) is 0 Å². The van der Waals surface area contributed by atoms with Crippen molar-refractivity contribution in [1.82, 2.24) is 0 Å². The Morgan fingerprint density at radius 1 is 1.27 bits per heavy atom. The molecule has 0 bridgehead atoms. The van der Waals surface area contributed by atoms with Crippen LogP contribution in [-0.4, -0.2) is 12.3 Å². The summed E-state index contributed by atoms with van der Waals surface area (Å²) >= 11 is 0. The van der Waals surface area contributed by atoms with Crippen molar-refractivity contribution in [2.45, 2.75) is 19.2 Å². The van der Waals surface area contributed by atoms with Crippen molar-refractivity contribution in [2.24, 2.45) is 0 Å². The highest BCUT2D eigenvalue weighted by atomic mass is 19.4. The molecule has 0 saturated heterocycles. The van der Waals surface area contributed by atoms with Crippen LogP contribution in [0.15, 0.2) is 24.3 Å². The van der Waals surface area contributed by atoms with Crippen LogP contribution >= 0.6 is 0 Å². The molecule has 1 radical (unpaired) electrons. The fraction of sp³-hybridized carbons (Fsp3) is 0.273. The maximum Gasteiger partial charge on any atom is 0.425 e. The topological polar surface area (TPSA) is 9.23 Å². The highest BCUT2D eigenvalue weighted by Crippen LogP contribution is 2.24. The van der Waals surface area contributed by atoms with Crippen LogP contribution in [0.5, 0.6) is 5.75 Å². The van der Waals surface area contributed by atoms with Gasteiger partial charge in [-0.1, -0.05) is 24.8 Å². The number of hydrogen-bond donors (Lipinski definition) is 0. The molecule has 4 heteroatoms. The van der Waals surface area contributed by atoms with Crippen molar-refractivity contribution in [1.29, 1.82) is 0 Å². The molecule has 0 spiro atoms. The first kappa shape index (κ1) is 11.6. The third-order valence-electron chi connectivity index (χ3n) is 1.85. The Labute approximate surface area is 86.2 Å². The SMILES string of the molecule is [CH]=Cc1ccc(OC(C)C(F)(F)F)cc1. The summed E-state index contributed by atoms with van der Waals surface area (Å²) in [5.41, 5.74) is 0.724. The lowest BCUT2D eigenvalue weighted by molar-refractivity contribution is -0.189. The van der Waals surface area contributed by atoms with Crippen LogP contribution in [0.25, 0.3) is 6.08 Å². The quantitative estimate of drug-likeness (QED) is 0.750. The molecule has 0 heterocycles. The van der Waals surface area contributed by atoms with E-state index in [9.17, 15) is 13.2 Å². The fourth-order valence-corrected chi connectivity index (χ4v) is 0.928. The summed E-state index contributed by atoms with van der Waals surface area (Å²) < 4.78 is 41.1. The summed E-state index contributed by atoms with van der Waals surface area (Å²) in [5.74, 6) is 0.172. The molecule has 15 heavy (non-hydrogen) atoms. The zero-order valence-electron chi connectivity index (χ0n) is 8.08. The third kappa shape index (κ3) is 3.31. The Hall–Kier alpha value is -1.45. The van der Waals surface area contributed by atoms with Crippen molar-refractivity contribution >= 4 is 6.08 Å². The van der Waals surface area contributed by atoms with Crippen molar-refractivity contribution in [3.63, 3.8) is 0 Å². The fourth-order valence-electron chi connectivity index (χ4n) is 0.928. The molecule has 0 aliphatic rings. The second-order valence-corrected chi connectivity index (χ2v) is 3.04. The second kappa shape index (κ2) is 4.38. The Bertz CT molecular complexity index is 327. The molecule has 1 aromatic rings. The van der Waals surface area contributed by atoms with E-state index in [2.05, 4.69) is 0 Å². The maximum atomic E-state index is 12.1. The summed E-state index contributed by atoms with van der Waals surface area (Å²) in [6.07, 6.45) is -4.81. The molecule has 81 valence electrons. The number of rotatable bonds is 3. The van der Waals surface area contributed by atoms with Gasteiger partial charge in [-0.05, 0) is 24.6 Å². The lowest BCUT2D eigenvalue weighted by Gasteiger charge is -2.17. The first-order chi connectivity index (χ1) is 6.93. The van der Waals surface area contributed by atoms with Crippen LogP contribution < -0.4 is 4.74 Å². The molecule has 1 aromatic carbocycles. The zero-order chi connectivity index (χ0) is 11.5. The average molecular weight is 215 g/mol. The number of ether oxygens (including phenoxy) is 1. The van der Waals surface area contributed by atoms with Gasteiger partial charge in [0.25, 0.3) is 0 Å². The van der Waals surface area contributed by atoms with Gasteiger partial charge in [0.15, 0.2) is 6.10 Å². The predicted molar refractivity (Wildman–Crippen MR) is 51.4 cm³/mol. The summed E-state index contributed by atoms with van der Waals surface area (Å²) in [4.78, 5) is 0. The van der Waals surface area contributed by atoms with E-state index in [1.807, 2.05) is 0 Å². The molecule has 1 atom stereocenters. The smallest absolute Gasteiger partial charge is 0.425 e. The second-order valence-electron chi connectivity index (χ2n) is 3.04. The van der Waals surface area contributed by atoms with E-state index in [-0.39, 0.29) is 5.75 Å². The van der Waals surface area contributed by atoms with E-state index in [1.165, 1.54) is 18.2 Å². The highest BCUT2D eigenvalue weighted by Gasteiger charge is 2.37. The van der Waals surface area contributed by atoms with Crippen LogP contribution in [0.2, 0.25) is 0 Å². The van der Waals surface area contributed by atoms with Crippen LogP contribution in [-0.2, 0) is 0 Å².